The second-order valence-electron chi connectivity index (χ2n) is 11.8. The fourth-order valence-electron chi connectivity index (χ4n) is 5.03. The zero-order valence-corrected chi connectivity index (χ0v) is 28.2. The zero-order chi connectivity index (χ0) is 35.6. The van der Waals surface area contributed by atoms with Crippen molar-refractivity contribution in [2.75, 3.05) is 39.2 Å². The van der Waals surface area contributed by atoms with Gasteiger partial charge in [-0.3, -0.25) is 9.59 Å². The summed E-state index contributed by atoms with van der Waals surface area (Å²) in [7, 11) is 4.10. The summed E-state index contributed by atoms with van der Waals surface area (Å²) in [5.74, 6) is 1.05. The van der Waals surface area contributed by atoms with Gasteiger partial charge in [-0.1, -0.05) is 48.0 Å². The number of hydrogen-bond donors (Lipinski definition) is 2. The minimum atomic E-state index is -4.44. The highest BCUT2D eigenvalue weighted by Crippen LogP contribution is 2.33. The van der Waals surface area contributed by atoms with Crippen LogP contribution in [-0.4, -0.2) is 66.6 Å². The van der Waals surface area contributed by atoms with Gasteiger partial charge in [0, 0.05) is 18.1 Å². The molecule has 0 spiro atoms. The maximum atomic E-state index is 13.0. The van der Waals surface area contributed by atoms with E-state index in [-0.39, 0.29) is 36.3 Å². The molecule has 260 valence electrons. The minimum absolute atomic E-state index is 0.135. The molecule has 1 aliphatic rings. The third-order valence-electron chi connectivity index (χ3n) is 7.47. The van der Waals surface area contributed by atoms with Gasteiger partial charge in [0.15, 0.2) is 5.75 Å². The number of rotatable bonds is 9. The molecule has 0 saturated carbocycles. The molecular weight excluding hydrogens is 659 g/mol. The maximum Gasteiger partial charge on any atom is 0.416 e. The smallest absolute Gasteiger partial charge is 0.416 e. The second kappa shape index (κ2) is 17.2. The molecule has 12 heteroatoms. The molecule has 0 saturated heterocycles. The van der Waals surface area contributed by atoms with Crippen molar-refractivity contribution in [2.24, 2.45) is 0 Å². The summed E-state index contributed by atoms with van der Waals surface area (Å²) in [5.41, 5.74) is 1.48. The molecule has 1 atom stereocenters. The highest BCUT2D eigenvalue weighted by Gasteiger charge is 2.30. The predicted molar refractivity (Wildman–Crippen MR) is 183 cm³/mol. The van der Waals surface area contributed by atoms with E-state index in [2.05, 4.69) is 36.4 Å². The fourth-order valence-corrected chi connectivity index (χ4v) is 5.21. The van der Waals surface area contributed by atoms with E-state index in [9.17, 15) is 27.9 Å². The van der Waals surface area contributed by atoms with Crippen LogP contribution in [0.1, 0.15) is 40.4 Å². The summed E-state index contributed by atoms with van der Waals surface area (Å²) in [5, 5.41) is 12.8. The third kappa shape index (κ3) is 11.0. The Morgan fingerprint density at radius 2 is 1.67 bits per heavy atom. The molecule has 2 N–H and O–H groups in total. The Bertz CT molecular complexity index is 1700. The highest BCUT2D eigenvalue weighted by molar-refractivity contribution is 6.30. The van der Waals surface area contributed by atoms with Crippen LogP contribution in [-0.2, 0) is 23.9 Å². The molecule has 2 amide bonds. The number of aliphatic hydroxyl groups excluding tert-OH is 1. The van der Waals surface area contributed by atoms with Crippen LogP contribution >= 0.6 is 11.6 Å². The van der Waals surface area contributed by atoms with Crippen LogP contribution in [0.2, 0.25) is 5.02 Å². The van der Waals surface area contributed by atoms with E-state index in [1.54, 1.807) is 36.1 Å². The van der Waals surface area contributed by atoms with Crippen molar-refractivity contribution in [3.8, 4) is 17.2 Å². The lowest BCUT2D eigenvalue weighted by atomic mass is 10.1. The Morgan fingerprint density at radius 1 is 1.00 bits per heavy atom. The number of hydrogen-bond acceptors (Lipinski definition) is 6. The van der Waals surface area contributed by atoms with Crippen molar-refractivity contribution in [1.82, 2.24) is 9.80 Å². The number of nitrogens with one attached hydrogen (secondary N) is 1. The van der Waals surface area contributed by atoms with Gasteiger partial charge in [-0.05, 0) is 93.2 Å². The number of amides is 2. The van der Waals surface area contributed by atoms with Crippen molar-refractivity contribution in [1.29, 1.82) is 0 Å². The summed E-state index contributed by atoms with van der Waals surface area (Å²) in [6.45, 7) is 3.25. The van der Waals surface area contributed by atoms with Crippen LogP contribution in [0.15, 0.2) is 91.0 Å². The molecule has 0 unspecified atom stereocenters. The quantitative estimate of drug-likeness (QED) is 0.187. The molecular formula is C37H39ClF3N3O5. The largest absolute Gasteiger partial charge is 0.490 e. The summed E-state index contributed by atoms with van der Waals surface area (Å²) < 4.78 is 49.5. The topological polar surface area (TPSA) is 91.3 Å². The van der Waals surface area contributed by atoms with E-state index in [0.717, 1.165) is 30.2 Å². The van der Waals surface area contributed by atoms with Gasteiger partial charge in [0.2, 0.25) is 5.91 Å². The summed E-state index contributed by atoms with van der Waals surface area (Å²) in [4.78, 5) is 29.1. The van der Waals surface area contributed by atoms with Crippen LogP contribution in [0, 0.1) is 0 Å². The van der Waals surface area contributed by atoms with Crippen LogP contribution in [0.25, 0.3) is 0 Å². The standard InChI is InChI=1S/C22H23F3N2O4.C15H16ClNO/c1-14(13-28)27-10-3-11-31-20-17(21(27)30)4-2-5-18(20)26-19(29)12-15-6-8-16(9-7-15)22(23,24)25;1-17(2)11-12-6-8-14(9-7-12)18-15-5-3-4-13(16)10-15/h2,4-9,14,28H,3,10-13H2,1H3,(H,26,29);3-10H,11H2,1-2H3/t14-;/m0./s1. The molecule has 0 bridgehead atoms. The maximum absolute atomic E-state index is 13.0. The van der Waals surface area contributed by atoms with Gasteiger partial charge in [-0.2, -0.15) is 13.2 Å². The first-order valence-electron chi connectivity index (χ1n) is 15.6. The summed E-state index contributed by atoms with van der Waals surface area (Å²) in [6.07, 6.45) is -4.01. The molecule has 4 aromatic carbocycles. The van der Waals surface area contributed by atoms with E-state index in [1.807, 2.05) is 30.3 Å². The van der Waals surface area contributed by atoms with Crippen LogP contribution in [0.3, 0.4) is 0 Å². The first-order chi connectivity index (χ1) is 23.3. The second-order valence-corrected chi connectivity index (χ2v) is 12.2. The van der Waals surface area contributed by atoms with Crippen molar-refractivity contribution >= 4 is 29.1 Å². The number of carbonyl (C=O) groups is 2. The average Bonchev–Trinajstić information content (AvgIpc) is 3.04. The number of ether oxygens (including phenoxy) is 2. The molecule has 0 aliphatic carbocycles. The first-order valence-corrected chi connectivity index (χ1v) is 16.0. The van der Waals surface area contributed by atoms with Crippen molar-refractivity contribution in [3.05, 3.63) is 118 Å². The number of anilines is 1. The molecule has 8 nitrogen and oxygen atoms in total. The minimum Gasteiger partial charge on any atom is -0.490 e. The van der Waals surface area contributed by atoms with E-state index < -0.39 is 17.6 Å². The number of aliphatic hydroxyl groups is 1. The normalized spacial score (nSPS) is 13.7. The Morgan fingerprint density at radius 3 is 2.31 bits per heavy atom. The monoisotopic (exact) mass is 697 g/mol. The van der Waals surface area contributed by atoms with Gasteiger partial charge < -0.3 is 29.7 Å². The van der Waals surface area contributed by atoms with Gasteiger partial charge in [0.1, 0.15) is 11.5 Å². The first kappa shape index (κ1) is 37.2. The summed E-state index contributed by atoms with van der Waals surface area (Å²) >= 11 is 5.91. The molecule has 0 radical (unpaired) electrons. The number of alkyl halides is 3. The Kier molecular flexibility index (Phi) is 13.1. The molecule has 0 aromatic heterocycles. The van der Waals surface area contributed by atoms with E-state index in [1.165, 1.54) is 17.7 Å². The average molecular weight is 698 g/mol. The van der Waals surface area contributed by atoms with E-state index >= 15 is 0 Å². The number of nitrogens with zero attached hydrogens (tertiary/aromatic N) is 2. The van der Waals surface area contributed by atoms with Crippen molar-refractivity contribution in [3.63, 3.8) is 0 Å². The Hall–Kier alpha value is -4.58. The number of halogens is 4. The SMILES string of the molecule is CN(C)Cc1ccc(Oc2cccc(Cl)c2)cc1.C[C@@H](CO)N1CCCOc2c(NC(=O)Cc3ccc(C(F)(F)F)cc3)cccc2C1=O. The number of benzene rings is 4. The lowest BCUT2D eigenvalue weighted by molar-refractivity contribution is -0.137. The Balaban J connectivity index is 0.000000254. The predicted octanol–water partition coefficient (Wildman–Crippen LogP) is 7.69. The Labute approximate surface area is 289 Å². The molecule has 5 rings (SSSR count). The number of carbonyl (C=O) groups excluding carboxylic acids is 2. The zero-order valence-electron chi connectivity index (χ0n) is 27.5. The van der Waals surface area contributed by atoms with Gasteiger partial charge in [-0.25, -0.2) is 0 Å². The molecule has 49 heavy (non-hydrogen) atoms. The molecule has 0 fully saturated rings. The lowest BCUT2D eigenvalue weighted by Gasteiger charge is -2.31. The van der Waals surface area contributed by atoms with Gasteiger partial charge >= 0.3 is 6.18 Å². The van der Waals surface area contributed by atoms with Gasteiger partial charge in [-0.15, -0.1) is 0 Å². The van der Waals surface area contributed by atoms with Crippen molar-refractivity contribution < 1.29 is 37.3 Å². The van der Waals surface area contributed by atoms with Gasteiger partial charge in [0.05, 0.1) is 42.5 Å². The molecule has 4 aromatic rings. The van der Waals surface area contributed by atoms with Crippen molar-refractivity contribution in [2.45, 2.75) is 38.5 Å². The third-order valence-corrected chi connectivity index (χ3v) is 7.70. The van der Waals surface area contributed by atoms with E-state index in [0.29, 0.717) is 35.8 Å². The van der Waals surface area contributed by atoms with Crippen LogP contribution in [0.5, 0.6) is 17.2 Å². The summed E-state index contributed by atoms with van der Waals surface area (Å²) in [6, 6.07) is 24.3. The molecule has 1 heterocycles. The lowest BCUT2D eigenvalue weighted by Crippen LogP contribution is -2.42. The van der Waals surface area contributed by atoms with Crippen LogP contribution in [0.4, 0.5) is 18.9 Å². The fraction of sp³-hybridized carbons (Fsp3) is 0.297. The number of fused-ring (bicyclic) bond motifs is 1. The highest BCUT2D eigenvalue weighted by atomic mass is 35.5. The molecule has 1 aliphatic heterocycles. The number of para-hydroxylation sites is 1. The van der Waals surface area contributed by atoms with Gasteiger partial charge in [0.25, 0.3) is 5.91 Å². The van der Waals surface area contributed by atoms with E-state index in [4.69, 9.17) is 21.1 Å². The van der Waals surface area contributed by atoms with Crippen LogP contribution < -0.4 is 14.8 Å².